The molecule has 0 aliphatic carbocycles. The molecular formula is C24H24N2O4. The van der Waals surface area contributed by atoms with Gasteiger partial charge in [0.05, 0.1) is 25.5 Å². The smallest absolute Gasteiger partial charge is 0.275 e. The quantitative estimate of drug-likeness (QED) is 0.423. The minimum absolute atomic E-state index is 0.343. The Morgan fingerprint density at radius 2 is 1.73 bits per heavy atom. The van der Waals surface area contributed by atoms with Crippen LogP contribution in [0.1, 0.15) is 28.4 Å². The summed E-state index contributed by atoms with van der Waals surface area (Å²) in [5.41, 5.74) is 4.71. The van der Waals surface area contributed by atoms with Crippen LogP contribution in [0.5, 0.6) is 17.2 Å². The number of hydrogen-bond donors (Lipinski definition) is 1. The van der Waals surface area contributed by atoms with E-state index in [2.05, 4.69) is 10.5 Å². The number of carbonyl (C=O) groups is 1. The molecule has 0 saturated carbocycles. The maximum absolute atomic E-state index is 12.4. The average Bonchev–Trinajstić information content (AvgIpc) is 2.79. The number of nitrogens with zero attached hydrogens (tertiary/aromatic N) is 1. The molecule has 0 aliphatic rings. The monoisotopic (exact) mass is 404 g/mol. The summed E-state index contributed by atoms with van der Waals surface area (Å²) in [7, 11) is 1.63. The van der Waals surface area contributed by atoms with E-state index in [0.29, 0.717) is 30.3 Å². The predicted octanol–water partition coefficient (Wildman–Crippen LogP) is 4.44. The predicted molar refractivity (Wildman–Crippen MR) is 116 cm³/mol. The van der Waals surface area contributed by atoms with Crippen LogP contribution in [0.2, 0.25) is 0 Å². The number of rotatable bonds is 9. The van der Waals surface area contributed by atoms with Crippen molar-refractivity contribution >= 4 is 12.1 Å². The van der Waals surface area contributed by atoms with Gasteiger partial charge >= 0.3 is 0 Å². The average molecular weight is 404 g/mol. The van der Waals surface area contributed by atoms with Crippen molar-refractivity contribution in [2.45, 2.75) is 13.5 Å². The number of carbonyl (C=O) groups excluding carboxylic acids is 1. The van der Waals surface area contributed by atoms with Gasteiger partial charge in [-0.15, -0.1) is 0 Å². The summed E-state index contributed by atoms with van der Waals surface area (Å²) < 4.78 is 16.7. The van der Waals surface area contributed by atoms with Crippen LogP contribution >= 0.6 is 0 Å². The second-order valence-corrected chi connectivity index (χ2v) is 6.31. The van der Waals surface area contributed by atoms with Crippen LogP contribution in [-0.2, 0) is 6.61 Å². The van der Waals surface area contributed by atoms with Gasteiger partial charge in [-0.05, 0) is 48.9 Å². The fraction of sp³-hybridized carbons (Fsp3) is 0.167. The summed E-state index contributed by atoms with van der Waals surface area (Å²) in [6, 6.07) is 22.2. The molecule has 0 saturated heterocycles. The lowest BCUT2D eigenvalue weighted by Gasteiger charge is -2.10. The molecule has 0 bridgehead atoms. The first-order chi connectivity index (χ1) is 14.7. The molecule has 3 aromatic carbocycles. The number of hydrogen-bond acceptors (Lipinski definition) is 5. The molecule has 1 N–H and O–H groups in total. The molecule has 1 amide bonds. The van der Waals surface area contributed by atoms with Gasteiger partial charge in [0, 0.05) is 5.56 Å². The standard InChI is InChI=1S/C24H24N2O4/c1-3-29-23-14-7-5-12-21(23)24(27)26-25-16-19-10-4-6-13-22(19)30-17-18-9-8-11-20(15-18)28-2/h4-16H,3,17H2,1-2H3,(H,26,27)/b25-16-. The summed E-state index contributed by atoms with van der Waals surface area (Å²) >= 11 is 0. The van der Waals surface area contributed by atoms with E-state index in [-0.39, 0.29) is 5.91 Å². The van der Waals surface area contributed by atoms with Gasteiger partial charge < -0.3 is 14.2 Å². The van der Waals surface area contributed by atoms with Gasteiger partial charge in [0.1, 0.15) is 23.9 Å². The highest BCUT2D eigenvalue weighted by molar-refractivity contribution is 5.97. The second kappa shape index (κ2) is 10.7. The fourth-order valence-corrected chi connectivity index (χ4v) is 2.80. The van der Waals surface area contributed by atoms with E-state index in [4.69, 9.17) is 14.2 Å². The number of ether oxygens (including phenoxy) is 3. The lowest BCUT2D eigenvalue weighted by molar-refractivity contribution is 0.0951. The number of para-hydroxylation sites is 2. The Morgan fingerprint density at radius 1 is 0.967 bits per heavy atom. The number of hydrazone groups is 1. The van der Waals surface area contributed by atoms with Crippen LogP contribution in [0.15, 0.2) is 77.9 Å². The molecule has 0 spiro atoms. The molecule has 30 heavy (non-hydrogen) atoms. The largest absolute Gasteiger partial charge is 0.497 e. The van der Waals surface area contributed by atoms with Crippen LogP contribution in [0, 0.1) is 0 Å². The first kappa shape index (κ1) is 20.9. The van der Waals surface area contributed by atoms with Gasteiger partial charge in [-0.2, -0.15) is 5.10 Å². The first-order valence-corrected chi connectivity index (χ1v) is 9.61. The van der Waals surface area contributed by atoms with E-state index < -0.39 is 0 Å². The van der Waals surface area contributed by atoms with Crippen LogP contribution in [0.3, 0.4) is 0 Å². The molecule has 6 nitrogen and oxygen atoms in total. The molecule has 0 unspecified atom stereocenters. The van der Waals surface area contributed by atoms with Crippen molar-refractivity contribution in [1.29, 1.82) is 0 Å². The Bertz CT molecular complexity index is 1020. The van der Waals surface area contributed by atoms with E-state index >= 15 is 0 Å². The zero-order valence-corrected chi connectivity index (χ0v) is 17.0. The van der Waals surface area contributed by atoms with Gasteiger partial charge in [-0.1, -0.05) is 36.4 Å². The van der Waals surface area contributed by atoms with Crippen molar-refractivity contribution in [2.24, 2.45) is 5.10 Å². The SMILES string of the molecule is CCOc1ccccc1C(=O)N/N=C\c1ccccc1OCc1cccc(OC)c1. The molecule has 0 atom stereocenters. The van der Waals surface area contributed by atoms with Crippen LogP contribution < -0.4 is 19.6 Å². The highest BCUT2D eigenvalue weighted by Crippen LogP contribution is 2.20. The van der Waals surface area contributed by atoms with Crippen molar-refractivity contribution in [3.63, 3.8) is 0 Å². The summed E-state index contributed by atoms with van der Waals surface area (Å²) in [5, 5.41) is 4.08. The minimum atomic E-state index is -0.343. The number of benzene rings is 3. The molecular weight excluding hydrogens is 380 g/mol. The van der Waals surface area contributed by atoms with Crippen molar-refractivity contribution in [2.75, 3.05) is 13.7 Å². The molecule has 0 aromatic heterocycles. The second-order valence-electron chi connectivity index (χ2n) is 6.31. The van der Waals surface area contributed by atoms with Gasteiger partial charge in [0.2, 0.25) is 0 Å². The van der Waals surface area contributed by atoms with E-state index in [1.807, 2.05) is 61.5 Å². The van der Waals surface area contributed by atoms with Crippen molar-refractivity contribution in [1.82, 2.24) is 5.43 Å². The maximum Gasteiger partial charge on any atom is 0.275 e. The Labute approximate surface area is 176 Å². The number of methoxy groups -OCH3 is 1. The minimum Gasteiger partial charge on any atom is -0.497 e. The van der Waals surface area contributed by atoms with Gasteiger partial charge in [-0.3, -0.25) is 4.79 Å². The van der Waals surface area contributed by atoms with Crippen molar-refractivity contribution < 1.29 is 19.0 Å². The molecule has 3 rings (SSSR count). The van der Waals surface area contributed by atoms with E-state index in [0.717, 1.165) is 16.9 Å². The molecule has 3 aromatic rings. The van der Waals surface area contributed by atoms with E-state index in [9.17, 15) is 4.79 Å². The normalized spacial score (nSPS) is 10.6. The Kier molecular flexibility index (Phi) is 7.44. The van der Waals surface area contributed by atoms with Crippen LogP contribution in [-0.4, -0.2) is 25.8 Å². The zero-order chi connectivity index (χ0) is 21.2. The number of nitrogens with one attached hydrogen (secondary N) is 1. The highest BCUT2D eigenvalue weighted by atomic mass is 16.5. The number of amides is 1. The first-order valence-electron chi connectivity index (χ1n) is 9.61. The van der Waals surface area contributed by atoms with Crippen LogP contribution in [0.25, 0.3) is 0 Å². The third-order valence-corrected chi connectivity index (χ3v) is 4.25. The molecule has 154 valence electrons. The Balaban J connectivity index is 1.66. The summed E-state index contributed by atoms with van der Waals surface area (Å²) in [6.07, 6.45) is 1.56. The van der Waals surface area contributed by atoms with Gasteiger partial charge in [0.15, 0.2) is 0 Å². The van der Waals surface area contributed by atoms with Crippen LogP contribution in [0.4, 0.5) is 0 Å². The summed E-state index contributed by atoms with van der Waals surface area (Å²) in [5.74, 6) is 1.62. The lowest BCUT2D eigenvalue weighted by Crippen LogP contribution is -2.18. The Morgan fingerprint density at radius 3 is 2.53 bits per heavy atom. The third kappa shape index (κ3) is 5.61. The molecule has 0 aliphatic heterocycles. The summed E-state index contributed by atoms with van der Waals surface area (Å²) in [6.45, 7) is 2.73. The maximum atomic E-state index is 12.4. The topological polar surface area (TPSA) is 69.2 Å². The van der Waals surface area contributed by atoms with E-state index in [1.165, 1.54) is 0 Å². The molecule has 0 heterocycles. The fourth-order valence-electron chi connectivity index (χ4n) is 2.80. The molecule has 6 heteroatoms. The van der Waals surface area contributed by atoms with Gasteiger partial charge in [-0.25, -0.2) is 5.43 Å². The zero-order valence-electron chi connectivity index (χ0n) is 17.0. The highest BCUT2D eigenvalue weighted by Gasteiger charge is 2.11. The molecule has 0 fully saturated rings. The van der Waals surface area contributed by atoms with Gasteiger partial charge in [0.25, 0.3) is 5.91 Å². The van der Waals surface area contributed by atoms with Crippen molar-refractivity contribution in [3.05, 3.63) is 89.5 Å². The summed E-state index contributed by atoms with van der Waals surface area (Å²) in [4.78, 5) is 12.4. The third-order valence-electron chi connectivity index (χ3n) is 4.25. The van der Waals surface area contributed by atoms with E-state index in [1.54, 1.807) is 31.5 Å². The van der Waals surface area contributed by atoms with Crippen molar-refractivity contribution in [3.8, 4) is 17.2 Å². The lowest BCUT2D eigenvalue weighted by atomic mass is 10.2. The molecule has 0 radical (unpaired) electrons. The Hall–Kier alpha value is -3.80.